The summed E-state index contributed by atoms with van der Waals surface area (Å²) in [7, 11) is 1.62. The molecule has 1 saturated carbocycles. The van der Waals surface area contributed by atoms with Gasteiger partial charge in [-0.1, -0.05) is 40.7 Å². The highest BCUT2D eigenvalue weighted by atomic mass is 16.2. The van der Waals surface area contributed by atoms with E-state index in [9.17, 15) is 9.59 Å². The predicted molar refractivity (Wildman–Crippen MR) is 78.7 cm³/mol. The van der Waals surface area contributed by atoms with Crippen molar-refractivity contribution in [2.75, 3.05) is 7.05 Å². The number of carbonyl (C=O) groups is 2. The van der Waals surface area contributed by atoms with E-state index in [0.29, 0.717) is 5.92 Å². The Kier molecular flexibility index (Phi) is 3.27. The zero-order valence-corrected chi connectivity index (χ0v) is 13.6. The van der Waals surface area contributed by atoms with E-state index >= 15 is 0 Å². The van der Waals surface area contributed by atoms with Gasteiger partial charge in [0.2, 0.25) is 11.8 Å². The van der Waals surface area contributed by atoms with Gasteiger partial charge in [-0.05, 0) is 23.7 Å². The zero-order chi connectivity index (χ0) is 15.5. The Labute approximate surface area is 121 Å². The molecule has 2 unspecified atom stereocenters. The lowest BCUT2D eigenvalue weighted by atomic mass is 9.84. The summed E-state index contributed by atoms with van der Waals surface area (Å²) in [6.45, 7) is 12.2. The van der Waals surface area contributed by atoms with E-state index in [-0.39, 0.29) is 28.6 Å². The van der Waals surface area contributed by atoms with Crippen LogP contribution in [0.25, 0.3) is 0 Å². The average Bonchev–Trinajstić information content (AvgIpc) is 2.83. The van der Waals surface area contributed by atoms with Crippen LogP contribution in [0.1, 0.15) is 41.5 Å². The summed E-state index contributed by atoms with van der Waals surface area (Å²) < 4.78 is 0. The highest BCUT2D eigenvalue weighted by Crippen LogP contribution is 2.62. The maximum atomic E-state index is 12.8. The smallest absolute Gasteiger partial charge is 0.243 e. The molecule has 3 atom stereocenters. The second-order valence-electron chi connectivity index (χ2n) is 7.72. The van der Waals surface area contributed by atoms with Gasteiger partial charge >= 0.3 is 0 Å². The lowest BCUT2D eigenvalue weighted by Crippen LogP contribution is -2.55. The minimum atomic E-state index is -0.464. The summed E-state index contributed by atoms with van der Waals surface area (Å²) in [5.41, 5.74) is 0.625. The summed E-state index contributed by atoms with van der Waals surface area (Å²) in [6, 6.07) is -0.464. The first-order chi connectivity index (χ1) is 9.03. The van der Waals surface area contributed by atoms with Crippen LogP contribution >= 0.6 is 0 Å². The van der Waals surface area contributed by atoms with Gasteiger partial charge in [0.1, 0.15) is 6.04 Å². The quantitative estimate of drug-likeness (QED) is 0.841. The molecule has 0 bridgehead atoms. The zero-order valence-electron chi connectivity index (χ0n) is 13.6. The number of fused-ring (bicyclic) bond motifs is 1. The molecular weight excluding hydrogens is 252 g/mol. The number of rotatable bonds is 2. The summed E-state index contributed by atoms with van der Waals surface area (Å²) in [5, 5.41) is 2.70. The second kappa shape index (κ2) is 4.34. The number of amides is 2. The van der Waals surface area contributed by atoms with Crippen molar-refractivity contribution in [3.05, 3.63) is 11.8 Å². The third-order valence-corrected chi connectivity index (χ3v) is 4.79. The first kappa shape index (κ1) is 15.1. The Morgan fingerprint density at radius 1 is 1.40 bits per heavy atom. The van der Waals surface area contributed by atoms with Gasteiger partial charge in [-0.2, -0.15) is 0 Å². The van der Waals surface area contributed by atoms with Gasteiger partial charge in [0, 0.05) is 12.7 Å². The Balaban J connectivity index is 2.41. The van der Waals surface area contributed by atoms with Gasteiger partial charge in [-0.15, -0.1) is 0 Å². The number of carbonyl (C=O) groups excluding carboxylic acids is 2. The fraction of sp³-hybridized carbons (Fsp3) is 0.750. The summed E-state index contributed by atoms with van der Waals surface area (Å²) in [4.78, 5) is 26.8. The lowest BCUT2D eigenvalue weighted by molar-refractivity contribution is -0.143. The molecule has 112 valence electrons. The molecule has 1 aliphatic carbocycles. The Hall–Kier alpha value is -1.32. The molecular formula is C16H26N2O2. The van der Waals surface area contributed by atoms with Crippen molar-refractivity contribution in [2.24, 2.45) is 22.7 Å². The van der Waals surface area contributed by atoms with E-state index in [1.807, 2.05) is 27.7 Å². The van der Waals surface area contributed by atoms with Gasteiger partial charge < -0.3 is 10.2 Å². The van der Waals surface area contributed by atoms with Crippen molar-refractivity contribution in [1.29, 1.82) is 0 Å². The first-order valence-electron chi connectivity index (χ1n) is 7.26. The van der Waals surface area contributed by atoms with Gasteiger partial charge in [0.05, 0.1) is 5.92 Å². The fourth-order valence-corrected chi connectivity index (χ4v) is 3.49. The SMILES string of the molecule is CNC(=O)C(N1C(=O)[C@@H]2C(C=C1C)C2(C)C)C(C)(C)C. The van der Waals surface area contributed by atoms with Crippen LogP contribution in [-0.4, -0.2) is 29.8 Å². The Bertz CT molecular complexity index is 485. The molecule has 0 aromatic carbocycles. The molecule has 4 heteroatoms. The highest BCUT2D eigenvalue weighted by Gasteiger charge is 2.64. The van der Waals surface area contributed by atoms with Gasteiger partial charge in [0.25, 0.3) is 0 Å². The van der Waals surface area contributed by atoms with Gasteiger partial charge in [-0.25, -0.2) is 0 Å². The topological polar surface area (TPSA) is 49.4 Å². The minimum Gasteiger partial charge on any atom is -0.357 e. The molecule has 0 radical (unpaired) electrons. The minimum absolute atomic E-state index is 0.0260. The molecule has 1 N–H and O–H groups in total. The summed E-state index contributed by atoms with van der Waals surface area (Å²) in [5.74, 6) is 0.358. The van der Waals surface area contributed by atoms with E-state index < -0.39 is 6.04 Å². The number of hydrogen-bond acceptors (Lipinski definition) is 2. The van der Waals surface area contributed by atoms with E-state index in [1.54, 1.807) is 11.9 Å². The molecule has 4 nitrogen and oxygen atoms in total. The van der Waals surface area contributed by atoms with Crippen molar-refractivity contribution in [3.8, 4) is 0 Å². The number of allylic oxidation sites excluding steroid dienone is 2. The molecule has 0 aromatic heterocycles. The van der Waals surface area contributed by atoms with Crippen LogP contribution in [0.2, 0.25) is 0 Å². The molecule has 2 rings (SSSR count). The standard InChI is InChI=1S/C16H26N2O2/c1-9-8-10-11(16(10,5)6)14(20)18(9)12(13(19)17-7)15(2,3)4/h8,10-12H,1-7H3,(H,17,19)/t10?,11-,12?/m0/s1. The number of likely N-dealkylation sites (N-methyl/N-ethyl adjacent to an activating group) is 1. The number of nitrogens with one attached hydrogen (secondary N) is 1. The lowest BCUT2D eigenvalue weighted by Gasteiger charge is -2.40. The van der Waals surface area contributed by atoms with Crippen LogP contribution in [0, 0.1) is 22.7 Å². The fourth-order valence-electron chi connectivity index (χ4n) is 3.49. The predicted octanol–water partition coefficient (Wildman–Crippen LogP) is 2.17. The van der Waals surface area contributed by atoms with E-state index in [1.165, 1.54) is 0 Å². The number of hydrogen-bond donors (Lipinski definition) is 1. The molecule has 20 heavy (non-hydrogen) atoms. The second-order valence-corrected chi connectivity index (χ2v) is 7.72. The third kappa shape index (κ3) is 2.05. The molecule has 0 aromatic rings. The van der Waals surface area contributed by atoms with Crippen molar-refractivity contribution in [1.82, 2.24) is 10.2 Å². The van der Waals surface area contributed by atoms with Crippen molar-refractivity contribution in [3.63, 3.8) is 0 Å². The largest absolute Gasteiger partial charge is 0.357 e. The van der Waals surface area contributed by atoms with Crippen LogP contribution in [0.15, 0.2) is 11.8 Å². The third-order valence-electron chi connectivity index (χ3n) is 4.79. The first-order valence-corrected chi connectivity index (χ1v) is 7.26. The summed E-state index contributed by atoms with van der Waals surface area (Å²) in [6.07, 6.45) is 2.16. The van der Waals surface area contributed by atoms with Gasteiger partial charge in [-0.3, -0.25) is 9.59 Å². The number of nitrogens with zero attached hydrogens (tertiary/aromatic N) is 1. The van der Waals surface area contributed by atoms with Crippen LogP contribution in [0.5, 0.6) is 0 Å². The van der Waals surface area contributed by atoms with Crippen LogP contribution in [0.4, 0.5) is 0 Å². The van der Waals surface area contributed by atoms with Gasteiger partial charge in [0.15, 0.2) is 0 Å². The molecule has 1 heterocycles. The Morgan fingerprint density at radius 2 is 1.95 bits per heavy atom. The van der Waals surface area contributed by atoms with Crippen molar-refractivity contribution in [2.45, 2.75) is 47.6 Å². The summed E-state index contributed by atoms with van der Waals surface area (Å²) >= 11 is 0. The van der Waals surface area contributed by atoms with Crippen molar-refractivity contribution >= 4 is 11.8 Å². The highest BCUT2D eigenvalue weighted by molar-refractivity contribution is 5.93. The molecule has 1 aliphatic heterocycles. The van der Waals surface area contributed by atoms with Crippen LogP contribution in [-0.2, 0) is 9.59 Å². The van der Waals surface area contributed by atoms with Crippen LogP contribution < -0.4 is 5.32 Å². The van der Waals surface area contributed by atoms with E-state index in [4.69, 9.17) is 0 Å². The monoisotopic (exact) mass is 278 g/mol. The van der Waals surface area contributed by atoms with E-state index in [2.05, 4.69) is 25.2 Å². The normalized spacial score (nSPS) is 29.4. The van der Waals surface area contributed by atoms with Crippen LogP contribution in [0.3, 0.4) is 0 Å². The average molecular weight is 278 g/mol. The molecule has 0 spiro atoms. The molecule has 1 fully saturated rings. The molecule has 2 aliphatic rings. The maximum Gasteiger partial charge on any atom is 0.243 e. The Morgan fingerprint density at radius 3 is 2.40 bits per heavy atom. The molecule has 2 amide bonds. The van der Waals surface area contributed by atoms with E-state index in [0.717, 1.165) is 5.70 Å². The molecule has 0 saturated heterocycles. The maximum absolute atomic E-state index is 12.8. The van der Waals surface area contributed by atoms with Crippen molar-refractivity contribution < 1.29 is 9.59 Å².